The van der Waals surface area contributed by atoms with Crippen molar-refractivity contribution in [2.45, 2.75) is 6.54 Å². The summed E-state index contributed by atoms with van der Waals surface area (Å²) in [5.41, 5.74) is 3.63. The second kappa shape index (κ2) is 2.81. The van der Waals surface area contributed by atoms with E-state index in [-0.39, 0.29) is 11.5 Å². The van der Waals surface area contributed by atoms with Crippen molar-refractivity contribution in [3.8, 4) is 0 Å². The molecule has 1 heterocycles. The van der Waals surface area contributed by atoms with Crippen LogP contribution in [0.2, 0.25) is 0 Å². The van der Waals surface area contributed by atoms with Crippen molar-refractivity contribution in [1.82, 2.24) is 10.4 Å². The maximum atomic E-state index is 13.2. The van der Waals surface area contributed by atoms with Crippen LogP contribution >= 0.6 is 0 Å². The highest BCUT2D eigenvalue weighted by atomic mass is 19.1. The van der Waals surface area contributed by atoms with Crippen LogP contribution in [0, 0.1) is 5.82 Å². The van der Waals surface area contributed by atoms with Gasteiger partial charge in [-0.25, -0.2) is 9.82 Å². The Hall–Kier alpha value is -1.42. The number of rotatable bonds is 1. The number of hydrazine groups is 1. The van der Waals surface area contributed by atoms with Crippen LogP contribution in [0.25, 0.3) is 0 Å². The summed E-state index contributed by atoms with van der Waals surface area (Å²) in [7, 11) is 1.64. The van der Waals surface area contributed by atoms with E-state index in [0.717, 1.165) is 5.56 Å². The third-order valence-corrected chi connectivity index (χ3v) is 2.16. The number of amides is 1. The molecular weight excluding hydrogens is 171 g/mol. The lowest BCUT2D eigenvalue weighted by Gasteiger charge is -2.12. The number of nitrogens with one attached hydrogen (secondary N) is 1. The van der Waals surface area contributed by atoms with E-state index in [1.165, 1.54) is 11.1 Å². The number of fused-ring (bicyclic) bond motifs is 1. The maximum Gasteiger partial charge on any atom is 0.271 e. The molecule has 1 N–H and O–H groups in total. The Labute approximate surface area is 75.1 Å². The fraction of sp³-hybridized carbons (Fsp3) is 0.222. The van der Waals surface area contributed by atoms with E-state index in [0.29, 0.717) is 6.54 Å². The SMILES string of the molecule is CNN1Cc2cccc(F)c2C1=O. The summed E-state index contributed by atoms with van der Waals surface area (Å²) in [4.78, 5) is 11.5. The van der Waals surface area contributed by atoms with Gasteiger partial charge in [-0.1, -0.05) is 12.1 Å². The summed E-state index contributed by atoms with van der Waals surface area (Å²) < 4.78 is 13.2. The number of carbonyl (C=O) groups excluding carboxylic acids is 1. The Morgan fingerprint density at radius 3 is 2.92 bits per heavy atom. The molecule has 0 saturated carbocycles. The molecule has 0 unspecified atom stereocenters. The molecule has 1 aromatic rings. The second-order valence-electron chi connectivity index (χ2n) is 2.89. The summed E-state index contributed by atoms with van der Waals surface area (Å²) in [6.07, 6.45) is 0. The van der Waals surface area contributed by atoms with E-state index in [1.807, 2.05) is 0 Å². The van der Waals surface area contributed by atoms with E-state index < -0.39 is 5.82 Å². The van der Waals surface area contributed by atoms with Crippen molar-refractivity contribution in [3.05, 3.63) is 35.1 Å². The number of benzene rings is 1. The molecule has 0 aromatic heterocycles. The summed E-state index contributed by atoms with van der Waals surface area (Å²) in [6, 6.07) is 4.67. The van der Waals surface area contributed by atoms with Crippen molar-refractivity contribution in [2.75, 3.05) is 7.05 Å². The molecule has 2 rings (SSSR count). The van der Waals surface area contributed by atoms with Crippen molar-refractivity contribution < 1.29 is 9.18 Å². The zero-order valence-corrected chi connectivity index (χ0v) is 7.17. The Kier molecular flexibility index (Phi) is 1.77. The molecule has 68 valence electrons. The molecule has 4 heteroatoms. The molecule has 0 bridgehead atoms. The Bertz CT molecular complexity index is 365. The highest BCUT2D eigenvalue weighted by Gasteiger charge is 2.29. The largest absolute Gasteiger partial charge is 0.271 e. The van der Waals surface area contributed by atoms with Crippen LogP contribution in [0.15, 0.2) is 18.2 Å². The first-order valence-corrected chi connectivity index (χ1v) is 4.00. The molecule has 0 fully saturated rings. The molecule has 0 spiro atoms. The number of halogens is 1. The van der Waals surface area contributed by atoms with Gasteiger partial charge < -0.3 is 0 Å². The minimum Gasteiger partial charge on any atom is -0.270 e. The van der Waals surface area contributed by atoms with Gasteiger partial charge in [-0.3, -0.25) is 9.80 Å². The number of hydrogen-bond acceptors (Lipinski definition) is 2. The molecule has 0 atom stereocenters. The molecule has 0 aliphatic carbocycles. The molecule has 1 aliphatic heterocycles. The van der Waals surface area contributed by atoms with Crippen molar-refractivity contribution >= 4 is 5.91 Å². The van der Waals surface area contributed by atoms with E-state index in [4.69, 9.17) is 0 Å². The van der Waals surface area contributed by atoms with Gasteiger partial charge in [0.1, 0.15) is 5.82 Å². The lowest BCUT2D eigenvalue weighted by Crippen LogP contribution is -2.35. The topological polar surface area (TPSA) is 32.3 Å². The number of hydrogen-bond donors (Lipinski definition) is 1. The van der Waals surface area contributed by atoms with Gasteiger partial charge in [-0.2, -0.15) is 0 Å². The van der Waals surface area contributed by atoms with E-state index in [9.17, 15) is 9.18 Å². The van der Waals surface area contributed by atoms with Gasteiger partial charge in [0.2, 0.25) is 0 Å². The average molecular weight is 180 g/mol. The van der Waals surface area contributed by atoms with Gasteiger partial charge in [-0.05, 0) is 11.6 Å². The first-order valence-electron chi connectivity index (χ1n) is 4.00. The monoisotopic (exact) mass is 180 g/mol. The van der Waals surface area contributed by atoms with E-state index in [2.05, 4.69) is 5.43 Å². The fourth-order valence-electron chi connectivity index (χ4n) is 1.50. The minimum atomic E-state index is -0.444. The average Bonchev–Trinajstić information content (AvgIpc) is 2.44. The quantitative estimate of drug-likeness (QED) is 0.696. The summed E-state index contributed by atoms with van der Waals surface area (Å²) in [5, 5.41) is 1.38. The van der Waals surface area contributed by atoms with Crippen LogP contribution in [0.4, 0.5) is 4.39 Å². The van der Waals surface area contributed by atoms with Crippen molar-refractivity contribution in [3.63, 3.8) is 0 Å². The van der Waals surface area contributed by atoms with Gasteiger partial charge >= 0.3 is 0 Å². The van der Waals surface area contributed by atoms with Gasteiger partial charge in [0, 0.05) is 7.05 Å². The van der Waals surface area contributed by atoms with E-state index in [1.54, 1.807) is 19.2 Å². The maximum absolute atomic E-state index is 13.2. The summed E-state index contributed by atoms with van der Waals surface area (Å²) in [6.45, 7) is 0.433. The highest BCUT2D eigenvalue weighted by molar-refractivity contribution is 5.98. The van der Waals surface area contributed by atoms with Crippen molar-refractivity contribution in [1.29, 1.82) is 0 Å². The molecule has 3 nitrogen and oxygen atoms in total. The standard InChI is InChI=1S/C9H9FN2O/c1-11-12-5-6-3-2-4-7(10)8(6)9(12)13/h2-4,11H,5H2,1H3. The van der Waals surface area contributed by atoms with Crippen LogP contribution in [0.5, 0.6) is 0 Å². The Balaban J connectivity index is 2.50. The molecule has 0 saturated heterocycles. The number of carbonyl (C=O) groups is 1. The first kappa shape index (κ1) is 8.19. The third-order valence-electron chi connectivity index (χ3n) is 2.16. The Morgan fingerprint density at radius 1 is 1.54 bits per heavy atom. The summed E-state index contributed by atoms with van der Waals surface area (Å²) >= 11 is 0. The number of nitrogens with zero attached hydrogens (tertiary/aromatic N) is 1. The molecule has 1 aromatic carbocycles. The molecule has 1 amide bonds. The normalized spacial score (nSPS) is 14.9. The van der Waals surface area contributed by atoms with Gasteiger partial charge in [0.15, 0.2) is 0 Å². The van der Waals surface area contributed by atoms with Crippen LogP contribution in [0.1, 0.15) is 15.9 Å². The summed E-state index contributed by atoms with van der Waals surface area (Å²) in [5.74, 6) is -0.740. The van der Waals surface area contributed by atoms with Gasteiger partial charge in [-0.15, -0.1) is 0 Å². The van der Waals surface area contributed by atoms with Crippen molar-refractivity contribution in [2.24, 2.45) is 0 Å². The zero-order chi connectivity index (χ0) is 9.42. The fourth-order valence-corrected chi connectivity index (χ4v) is 1.50. The van der Waals surface area contributed by atoms with Gasteiger partial charge in [0.25, 0.3) is 5.91 Å². The lowest BCUT2D eigenvalue weighted by molar-refractivity contribution is 0.0703. The minimum absolute atomic E-state index is 0.192. The third kappa shape index (κ3) is 1.10. The molecule has 13 heavy (non-hydrogen) atoms. The smallest absolute Gasteiger partial charge is 0.270 e. The highest BCUT2D eigenvalue weighted by Crippen LogP contribution is 2.23. The predicted molar refractivity (Wildman–Crippen MR) is 45.3 cm³/mol. The zero-order valence-electron chi connectivity index (χ0n) is 7.17. The molecule has 0 radical (unpaired) electrons. The second-order valence-corrected chi connectivity index (χ2v) is 2.89. The van der Waals surface area contributed by atoms with Crippen LogP contribution in [-0.2, 0) is 6.54 Å². The van der Waals surface area contributed by atoms with Crippen LogP contribution in [0.3, 0.4) is 0 Å². The van der Waals surface area contributed by atoms with Crippen LogP contribution in [-0.4, -0.2) is 18.0 Å². The van der Waals surface area contributed by atoms with Gasteiger partial charge in [0.05, 0.1) is 12.1 Å². The molecule has 1 aliphatic rings. The van der Waals surface area contributed by atoms with Crippen LogP contribution < -0.4 is 5.43 Å². The predicted octanol–water partition coefficient (Wildman–Crippen LogP) is 0.916. The first-order chi connectivity index (χ1) is 6.24. The molecular formula is C9H9FN2O. The lowest BCUT2D eigenvalue weighted by atomic mass is 10.1. The Morgan fingerprint density at radius 2 is 2.31 bits per heavy atom. The van der Waals surface area contributed by atoms with E-state index >= 15 is 0 Å².